The first kappa shape index (κ1) is 14.5. The van der Waals surface area contributed by atoms with Crippen molar-refractivity contribution in [3.8, 4) is 5.88 Å². The Labute approximate surface area is 121 Å². The quantitative estimate of drug-likeness (QED) is 0.900. The standard InChI is InChI=1S/C15H14N2O4/c1-9-4-3-5-11(13(9)15(19)20)17-14(18)10-6-7-12(21-2)16-8-10/h3-8H,1-2H3,(H,17,18)(H,19,20). The smallest absolute Gasteiger partial charge is 0.338 e. The highest BCUT2D eigenvalue weighted by Crippen LogP contribution is 2.20. The van der Waals surface area contributed by atoms with Crippen LogP contribution < -0.4 is 10.1 Å². The number of carboxylic acids is 1. The molecule has 6 heteroatoms. The molecule has 1 heterocycles. The van der Waals surface area contributed by atoms with Crippen LogP contribution in [0.1, 0.15) is 26.3 Å². The molecule has 0 radical (unpaired) electrons. The maximum absolute atomic E-state index is 12.1. The number of carbonyl (C=O) groups is 2. The Morgan fingerprint density at radius 3 is 2.57 bits per heavy atom. The average Bonchev–Trinajstić information content (AvgIpc) is 2.47. The van der Waals surface area contributed by atoms with Crippen LogP contribution in [0.4, 0.5) is 5.69 Å². The summed E-state index contributed by atoms with van der Waals surface area (Å²) in [5.41, 5.74) is 1.22. The number of pyridine rings is 1. The van der Waals surface area contributed by atoms with Crippen LogP contribution in [0, 0.1) is 6.92 Å². The number of ether oxygens (including phenoxy) is 1. The number of carboxylic acid groups (broad SMARTS) is 1. The number of nitrogens with one attached hydrogen (secondary N) is 1. The van der Waals surface area contributed by atoms with Gasteiger partial charge >= 0.3 is 5.97 Å². The molecule has 2 rings (SSSR count). The van der Waals surface area contributed by atoms with Gasteiger partial charge in [0.2, 0.25) is 5.88 Å². The van der Waals surface area contributed by atoms with Crippen molar-refractivity contribution in [1.82, 2.24) is 4.98 Å². The molecule has 0 aliphatic heterocycles. The molecule has 0 aliphatic rings. The van der Waals surface area contributed by atoms with Crippen molar-refractivity contribution < 1.29 is 19.4 Å². The van der Waals surface area contributed by atoms with E-state index >= 15 is 0 Å². The van der Waals surface area contributed by atoms with Crippen LogP contribution in [0.3, 0.4) is 0 Å². The third-order valence-corrected chi connectivity index (χ3v) is 2.94. The van der Waals surface area contributed by atoms with Gasteiger partial charge in [0.05, 0.1) is 23.9 Å². The number of aryl methyl sites for hydroxylation is 1. The lowest BCUT2D eigenvalue weighted by Gasteiger charge is -2.10. The van der Waals surface area contributed by atoms with E-state index in [1.165, 1.54) is 13.3 Å². The van der Waals surface area contributed by atoms with E-state index < -0.39 is 11.9 Å². The lowest BCUT2D eigenvalue weighted by atomic mass is 10.1. The van der Waals surface area contributed by atoms with Crippen molar-refractivity contribution in [2.45, 2.75) is 6.92 Å². The number of aromatic nitrogens is 1. The van der Waals surface area contributed by atoms with Crippen LogP contribution in [-0.2, 0) is 0 Å². The van der Waals surface area contributed by atoms with E-state index in [0.717, 1.165) is 0 Å². The van der Waals surface area contributed by atoms with Crippen LogP contribution >= 0.6 is 0 Å². The molecule has 0 bridgehead atoms. The Morgan fingerprint density at radius 2 is 2.00 bits per heavy atom. The number of benzene rings is 1. The number of hydrogen-bond acceptors (Lipinski definition) is 4. The number of rotatable bonds is 4. The lowest BCUT2D eigenvalue weighted by Crippen LogP contribution is -2.15. The number of hydrogen-bond donors (Lipinski definition) is 2. The third kappa shape index (κ3) is 3.17. The first-order valence-electron chi connectivity index (χ1n) is 6.17. The van der Waals surface area contributed by atoms with Gasteiger partial charge in [-0.15, -0.1) is 0 Å². The molecule has 108 valence electrons. The third-order valence-electron chi connectivity index (χ3n) is 2.94. The van der Waals surface area contributed by atoms with Crippen molar-refractivity contribution >= 4 is 17.6 Å². The maximum atomic E-state index is 12.1. The number of nitrogens with zero attached hydrogens (tertiary/aromatic N) is 1. The summed E-state index contributed by atoms with van der Waals surface area (Å²) in [4.78, 5) is 27.3. The van der Waals surface area contributed by atoms with E-state index in [-0.39, 0.29) is 11.3 Å². The van der Waals surface area contributed by atoms with Gasteiger partial charge in [-0.2, -0.15) is 0 Å². The van der Waals surface area contributed by atoms with Crippen LogP contribution in [0.25, 0.3) is 0 Å². The fourth-order valence-electron chi connectivity index (χ4n) is 1.89. The molecule has 1 amide bonds. The molecule has 0 saturated heterocycles. The van der Waals surface area contributed by atoms with Gasteiger partial charge in [-0.1, -0.05) is 12.1 Å². The number of amides is 1. The summed E-state index contributed by atoms with van der Waals surface area (Å²) < 4.78 is 4.91. The molecule has 0 saturated carbocycles. The van der Waals surface area contributed by atoms with Gasteiger partial charge in [-0.25, -0.2) is 9.78 Å². The van der Waals surface area contributed by atoms with Gasteiger partial charge in [-0.05, 0) is 24.6 Å². The zero-order chi connectivity index (χ0) is 15.4. The van der Waals surface area contributed by atoms with E-state index in [1.807, 2.05) is 0 Å². The second-order valence-electron chi connectivity index (χ2n) is 4.35. The SMILES string of the molecule is COc1ccc(C(=O)Nc2cccc(C)c2C(=O)O)cn1. The molecule has 21 heavy (non-hydrogen) atoms. The van der Waals surface area contributed by atoms with Gasteiger partial charge in [0.15, 0.2) is 0 Å². The number of anilines is 1. The van der Waals surface area contributed by atoms with Gasteiger partial charge in [-0.3, -0.25) is 4.79 Å². The first-order chi connectivity index (χ1) is 10.0. The van der Waals surface area contributed by atoms with Crippen LogP contribution in [0.2, 0.25) is 0 Å². The number of carbonyl (C=O) groups excluding carboxylic acids is 1. The highest BCUT2D eigenvalue weighted by atomic mass is 16.5. The van der Waals surface area contributed by atoms with Crippen LogP contribution in [0.15, 0.2) is 36.5 Å². The van der Waals surface area contributed by atoms with Gasteiger partial charge in [0.25, 0.3) is 5.91 Å². The Hall–Kier alpha value is -2.89. The minimum atomic E-state index is -1.09. The van der Waals surface area contributed by atoms with Crippen molar-refractivity contribution in [2.24, 2.45) is 0 Å². The monoisotopic (exact) mass is 286 g/mol. The molecule has 0 atom stereocenters. The Balaban J connectivity index is 2.27. The molecule has 6 nitrogen and oxygen atoms in total. The molecule has 0 unspecified atom stereocenters. The summed E-state index contributed by atoms with van der Waals surface area (Å²) in [6.07, 6.45) is 1.37. The second-order valence-corrected chi connectivity index (χ2v) is 4.35. The fourth-order valence-corrected chi connectivity index (χ4v) is 1.89. The van der Waals surface area contributed by atoms with Gasteiger partial charge < -0.3 is 15.2 Å². The van der Waals surface area contributed by atoms with E-state index in [9.17, 15) is 14.7 Å². The minimum Gasteiger partial charge on any atom is -0.481 e. The lowest BCUT2D eigenvalue weighted by molar-refractivity contribution is 0.0697. The van der Waals surface area contributed by atoms with Gasteiger partial charge in [0, 0.05) is 12.3 Å². The molecule has 0 aliphatic carbocycles. The van der Waals surface area contributed by atoms with Crippen molar-refractivity contribution in [1.29, 1.82) is 0 Å². The summed E-state index contributed by atoms with van der Waals surface area (Å²) in [5.74, 6) is -1.12. The molecular formula is C15H14N2O4. The molecule has 2 N–H and O–H groups in total. The summed E-state index contributed by atoms with van der Waals surface area (Å²) in [5, 5.41) is 11.8. The second kappa shape index (κ2) is 6.04. The summed E-state index contributed by atoms with van der Waals surface area (Å²) in [6.45, 7) is 1.67. The molecule has 1 aromatic heterocycles. The fraction of sp³-hybridized carbons (Fsp3) is 0.133. The van der Waals surface area contributed by atoms with E-state index in [2.05, 4.69) is 10.3 Å². The summed E-state index contributed by atoms with van der Waals surface area (Å²) >= 11 is 0. The average molecular weight is 286 g/mol. The minimum absolute atomic E-state index is 0.0762. The van der Waals surface area contributed by atoms with Gasteiger partial charge in [0.1, 0.15) is 0 Å². The van der Waals surface area contributed by atoms with E-state index in [0.29, 0.717) is 17.0 Å². The zero-order valence-electron chi connectivity index (χ0n) is 11.6. The number of aromatic carboxylic acids is 1. The highest BCUT2D eigenvalue weighted by molar-refractivity contribution is 6.08. The van der Waals surface area contributed by atoms with Crippen LogP contribution in [-0.4, -0.2) is 29.1 Å². The first-order valence-corrected chi connectivity index (χ1v) is 6.17. The Kier molecular flexibility index (Phi) is 4.18. The zero-order valence-corrected chi connectivity index (χ0v) is 11.6. The number of methoxy groups -OCH3 is 1. The summed E-state index contributed by atoms with van der Waals surface area (Å²) in [6, 6.07) is 8.02. The van der Waals surface area contributed by atoms with E-state index in [1.54, 1.807) is 37.3 Å². The predicted molar refractivity (Wildman–Crippen MR) is 76.9 cm³/mol. The van der Waals surface area contributed by atoms with Crippen LogP contribution in [0.5, 0.6) is 5.88 Å². The molecule has 2 aromatic rings. The highest BCUT2D eigenvalue weighted by Gasteiger charge is 2.15. The van der Waals surface area contributed by atoms with E-state index in [4.69, 9.17) is 4.74 Å². The molecule has 1 aromatic carbocycles. The summed E-state index contributed by atoms with van der Waals surface area (Å²) in [7, 11) is 1.48. The molecule has 0 spiro atoms. The van der Waals surface area contributed by atoms with Crippen molar-refractivity contribution in [3.63, 3.8) is 0 Å². The topological polar surface area (TPSA) is 88.5 Å². The van der Waals surface area contributed by atoms with Crippen molar-refractivity contribution in [2.75, 3.05) is 12.4 Å². The predicted octanol–water partition coefficient (Wildman–Crippen LogP) is 2.35. The molecule has 0 fully saturated rings. The Bertz CT molecular complexity index is 681. The largest absolute Gasteiger partial charge is 0.481 e. The van der Waals surface area contributed by atoms with Crippen molar-refractivity contribution in [3.05, 3.63) is 53.2 Å². The maximum Gasteiger partial charge on any atom is 0.338 e. The normalized spacial score (nSPS) is 10.0. The Morgan fingerprint density at radius 1 is 1.24 bits per heavy atom. The molecular weight excluding hydrogens is 272 g/mol.